The molecule has 3 heterocycles. The van der Waals surface area contributed by atoms with Gasteiger partial charge in [0.15, 0.2) is 0 Å². The minimum atomic E-state index is -1.29. The minimum Gasteiger partial charge on any atom is -0.497 e. The van der Waals surface area contributed by atoms with Gasteiger partial charge in [-0.3, -0.25) is 14.4 Å². The lowest BCUT2D eigenvalue weighted by Crippen LogP contribution is -2.59. The first kappa shape index (κ1) is 25.2. The Bertz CT molecular complexity index is 1020. The second-order valence-corrected chi connectivity index (χ2v) is 9.97. The number of aliphatic hydroxyl groups excluding tert-OH is 1. The number of methoxy groups -OCH3 is 1. The molecule has 3 aliphatic heterocycles. The molecular formula is C26H34N2O7. The average molecular weight is 487 g/mol. The number of nitrogens with zero attached hydrogens (tertiary/aromatic N) is 2. The van der Waals surface area contributed by atoms with Crippen LogP contribution in [0.3, 0.4) is 0 Å². The first-order chi connectivity index (χ1) is 16.6. The predicted octanol–water partition coefficient (Wildman–Crippen LogP) is 2.08. The first-order valence-electron chi connectivity index (χ1n) is 12.0. The van der Waals surface area contributed by atoms with Gasteiger partial charge in [0.2, 0.25) is 5.91 Å². The number of aliphatic hydroxyl groups is 1. The van der Waals surface area contributed by atoms with Crippen molar-refractivity contribution >= 4 is 23.5 Å². The third kappa shape index (κ3) is 3.47. The number of carboxylic acid groups (broad SMARTS) is 1. The summed E-state index contributed by atoms with van der Waals surface area (Å²) in [5.74, 6) is -3.57. The maximum absolute atomic E-state index is 14.3. The van der Waals surface area contributed by atoms with Gasteiger partial charge in [-0.05, 0) is 49.9 Å². The molecule has 4 rings (SSSR count). The Kier molecular flexibility index (Phi) is 6.44. The van der Waals surface area contributed by atoms with Gasteiger partial charge < -0.3 is 29.5 Å². The lowest BCUT2D eigenvalue weighted by molar-refractivity contribution is -0.157. The molecule has 9 nitrogen and oxygen atoms in total. The van der Waals surface area contributed by atoms with Gasteiger partial charge >= 0.3 is 5.97 Å². The van der Waals surface area contributed by atoms with E-state index < -0.39 is 47.0 Å². The third-order valence-electron chi connectivity index (χ3n) is 8.29. The largest absolute Gasteiger partial charge is 0.497 e. The first-order valence-corrected chi connectivity index (χ1v) is 12.0. The normalized spacial score (nSPS) is 34.0. The highest BCUT2D eigenvalue weighted by molar-refractivity contribution is 6.05. The van der Waals surface area contributed by atoms with Crippen molar-refractivity contribution in [2.24, 2.45) is 17.8 Å². The van der Waals surface area contributed by atoms with Crippen molar-refractivity contribution in [3.63, 3.8) is 0 Å². The summed E-state index contributed by atoms with van der Waals surface area (Å²) < 4.78 is 11.7. The van der Waals surface area contributed by atoms with Crippen molar-refractivity contribution < 1.29 is 34.1 Å². The van der Waals surface area contributed by atoms with E-state index in [1.165, 1.54) is 9.80 Å². The minimum absolute atomic E-state index is 0.175. The number of amides is 2. The summed E-state index contributed by atoms with van der Waals surface area (Å²) >= 11 is 0. The molecule has 1 aromatic carbocycles. The zero-order chi connectivity index (χ0) is 25.7. The van der Waals surface area contributed by atoms with Gasteiger partial charge in [0.1, 0.15) is 23.3 Å². The maximum Gasteiger partial charge on any atom is 0.310 e. The number of hydrogen-bond acceptors (Lipinski definition) is 6. The van der Waals surface area contributed by atoms with Crippen LogP contribution < -0.4 is 9.64 Å². The van der Waals surface area contributed by atoms with Crippen molar-refractivity contribution in [1.29, 1.82) is 0 Å². The smallest absolute Gasteiger partial charge is 0.310 e. The summed E-state index contributed by atoms with van der Waals surface area (Å²) in [6, 6.07) is 5.25. The number of likely N-dealkylation sites (tertiary alicyclic amines) is 1. The Hall–Kier alpha value is -2.91. The SMILES string of the molecule is C=CCN(C(=O)C1N([C@@H](CC)CO)C(=O)[C@@H]2[C@H](C(=O)O)[C@@]3(C)OC12CC3C)c1ccc(OC)cc1. The molecule has 0 radical (unpaired) electrons. The Balaban J connectivity index is 1.86. The molecule has 35 heavy (non-hydrogen) atoms. The number of aliphatic carboxylic acids is 1. The highest BCUT2D eigenvalue weighted by Gasteiger charge is 2.80. The number of carbonyl (C=O) groups excluding carboxylic acids is 2. The quantitative estimate of drug-likeness (QED) is 0.513. The van der Waals surface area contributed by atoms with Crippen LogP contribution in [0.25, 0.3) is 0 Å². The molecule has 3 fully saturated rings. The van der Waals surface area contributed by atoms with Crippen LogP contribution >= 0.6 is 0 Å². The van der Waals surface area contributed by atoms with E-state index in [-0.39, 0.29) is 25.0 Å². The number of fused-ring (bicyclic) bond motifs is 1. The molecule has 2 bridgehead atoms. The Morgan fingerprint density at radius 3 is 2.54 bits per heavy atom. The number of benzene rings is 1. The van der Waals surface area contributed by atoms with Crippen LogP contribution in [0.15, 0.2) is 36.9 Å². The Labute approximate surface area is 205 Å². The second kappa shape index (κ2) is 8.95. The number of hydrogen-bond donors (Lipinski definition) is 2. The number of ether oxygens (including phenoxy) is 2. The molecule has 1 spiro atoms. The number of carboxylic acids is 1. The van der Waals surface area contributed by atoms with Crippen LogP contribution in [-0.2, 0) is 19.1 Å². The molecule has 3 unspecified atom stereocenters. The monoisotopic (exact) mass is 486 g/mol. The van der Waals surface area contributed by atoms with Gasteiger partial charge in [-0.25, -0.2) is 0 Å². The van der Waals surface area contributed by atoms with E-state index >= 15 is 0 Å². The van der Waals surface area contributed by atoms with Gasteiger partial charge in [-0.1, -0.05) is 19.9 Å². The molecule has 7 atom stereocenters. The number of anilines is 1. The summed E-state index contributed by atoms with van der Waals surface area (Å²) in [5, 5.41) is 20.3. The fourth-order valence-electron chi connectivity index (χ4n) is 6.50. The van der Waals surface area contributed by atoms with E-state index in [1.54, 1.807) is 44.4 Å². The summed E-state index contributed by atoms with van der Waals surface area (Å²) in [5.41, 5.74) is -1.78. The van der Waals surface area contributed by atoms with Gasteiger partial charge in [0.25, 0.3) is 5.91 Å². The van der Waals surface area contributed by atoms with Gasteiger partial charge in [-0.2, -0.15) is 0 Å². The second-order valence-electron chi connectivity index (χ2n) is 9.97. The lowest BCUT2D eigenvalue weighted by Gasteiger charge is -2.39. The standard InChI is InChI=1S/C26H34N2O7/c1-6-12-27(17-8-10-18(34-5)11-9-17)23(31)21-26-13-15(3)25(4,35-26)20(24(32)33)19(26)22(30)28(21)16(7-2)14-29/h6,8-11,15-16,19-21,29H,1,7,12-14H2,2-5H3,(H,32,33)/t15?,16-,19-,20+,21?,25-,26?/m0/s1. The van der Waals surface area contributed by atoms with Crippen molar-refractivity contribution in [1.82, 2.24) is 4.90 Å². The highest BCUT2D eigenvalue weighted by Crippen LogP contribution is 2.65. The van der Waals surface area contributed by atoms with Gasteiger partial charge in [-0.15, -0.1) is 6.58 Å². The number of rotatable bonds is 9. The summed E-state index contributed by atoms with van der Waals surface area (Å²) in [6.07, 6.45) is 2.38. The molecule has 0 saturated carbocycles. The molecule has 2 amide bonds. The summed E-state index contributed by atoms with van der Waals surface area (Å²) in [7, 11) is 1.55. The van der Waals surface area contributed by atoms with E-state index in [0.717, 1.165) is 0 Å². The van der Waals surface area contributed by atoms with Crippen LogP contribution in [0.2, 0.25) is 0 Å². The zero-order valence-corrected chi connectivity index (χ0v) is 20.6. The van der Waals surface area contributed by atoms with Crippen molar-refractivity contribution in [3.8, 4) is 5.75 Å². The van der Waals surface area contributed by atoms with Crippen molar-refractivity contribution in [2.45, 2.75) is 56.9 Å². The van der Waals surface area contributed by atoms with E-state index in [0.29, 0.717) is 24.3 Å². The van der Waals surface area contributed by atoms with Crippen LogP contribution in [0, 0.1) is 17.8 Å². The molecule has 3 saturated heterocycles. The number of carbonyl (C=O) groups is 3. The van der Waals surface area contributed by atoms with Crippen LogP contribution in [0.5, 0.6) is 5.75 Å². The third-order valence-corrected chi connectivity index (χ3v) is 8.29. The molecule has 9 heteroatoms. The molecular weight excluding hydrogens is 452 g/mol. The van der Waals surface area contributed by atoms with Gasteiger partial charge in [0, 0.05) is 12.2 Å². The molecule has 1 aromatic rings. The molecule has 2 N–H and O–H groups in total. The topological polar surface area (TPSA) is 117 Å². The van der Waals surface area contributed by atoms with Crippen LogP contribution in [0.1, 0.15) is 33.6 Å². The molecule has 0 aromatic heterocycles. The van der Waals surface area contributed by atoms with E-state index in [4.69, 9.17) is 9.47 Å². The Morgan fingerprint density at radius 2 is 2.03 bits per heavy atom. The van der Waals surface area contributed by atoms with Gasteiger partial charge in [0.05, 0.1) is 31.3 Å². The lowest BCUT2D eigenvalue weighted by atomic mass is 9.62. The van der Waals surface area contributed by atoms with Crippen molar-refractivity contribution in [2.75, 3.05) is 25.2 Å². The fraction of sp³-hybridized carbons (Fsp3) is 0.577. The van der Waals surface area contributed by atoms with Crippen LogP contribution in [-0.4, -0.2) is 76.4 Å². The van der Waals surface area contributed by atoms with E-state index in [1.807, 2.05) is 13.8 Å². The summed E-state index contributed by atoms with van der Waals surface area (Å²) in [4.78, 5) is 43.6. The highest BCUT2D eigenvalue weighted by atomic mass is 16.5. The molecule has 3 aliphatic rings. The maximum atomic E-state index is 14.3. The average Bonchev–Trinajstić information content (AvgIpc) is 3.35. The van der Waals surface area contributed by atoms with Crippen LogP contribution in [0.4, 0.5) is 5.69 Å². The van der Waals surface area contributed by atoms with Crippen molar-refractivity contribution in [3.05, 3.63) is 36.9 Å². The Morgan fingerprint density at radius 1 is 1.37 bits per heavy atom. The van der Waals surface area contributed by atoms with E-state index in [2.05, 4.69) is 6.58 Å². The molecule has 0 aliphatic carbocycles. The zero-order valence-electron chi connectivity index (χ0n) is 20.6. The summed E-state index contributed by atoms with van der Waals surface area (Å²) in [6.45, 7) is 9.09. The molecule has 190 valence electrons. The fourth-order valence-corrected chi connectivity index (χ4v) is 6.50. The van der Waals surface area contributed by atoms with E-state index in [9.17, 15) is 24.6 Å². The predicted molar refractivity (Wildman–Crippen MR) is 128 cm³/mol.